The van der Waals surface area contributed by atoms with Gasteiger partial charge in [-0.05, 0) is 24.1 Å². The van der Waals surface area contributed by atoms with Crippen molar-refractivity contribution in [1.29, 1.82) is 0 Å². The van der Waals surface area contributed by atoms with E-state index in [1.165, 1.54) is 12.1 Å². The Morgan fingerprint density at radius 2 is 2.11 bits per heavy atom. The van der Waals surface area contributed by atoms with E-state index in [1.54, 1.807) is 24.3 Å². The molecule has 3 nitrogen and oxygen atoms in total. The van der Waals surface area contributed by atoms with Crippen LogP contribution in [-0.4, -0.2) is 23.7 Å². The van der Waals surface area contributed by atoms with Crippen molar-refractivity contribution in [2.75, 3.05) is 6.61 Å². The third-order valence-electron chi connectivity index (χ3n) is 2.56. The molecule has 18 heavy (non-hydrogen) atoms. The van der Waals surface area contributed by atoms with Gasteiger partial charge < -0.3 is 10.4 Å². The molecule has 0 aliphatic heterocycles. The lowest BCUT2D eigenvalue weighted by Crippen LogP contribution is -2.36. The fourth-order valence-corrected chi connectivity index (χ4v) is 1.44. The number of amides is 1. The molecule has 0 aliphatic carbocycles. The highest BCUT2D eigenvalue weighted by atomic mass is 19.1. The molecule has 4 heteroatoms. The number of aliphatic hydroxyl groups excluding tert-OH is 1. The number of carbonyl (C=O) groups is 1. The molecule has 0 aliphatic rings. The summed E-state index contributed by atoms with van der Waals surface area (Å²) < 4.78 is 12.6. The summed E-state index contributed by atoms with van der Waals surface area (Å²) >= 11 is 0. The summed E-state index contributed by atoms with van der Waals surface area (Å²) in [6, 6.07) is 5.85. The maximum absolute atomic E-state index is 12.6. The molecule has 0 radical (unpaired) electrons. The normalized spacial score (nSPS) is 12.6. The monoisotopic (exact) mass is 251 g/mol. The van der Waals surface area contributed by atoms with Gasteiger partial charge in [0.15, 0.2) is 0 Å². The van der Waals surface area contributed by atoms with Crippen molar-refractivity contribution in [3.05, 3.63) is 41.7 Å². The zero-order chi connectivity index (χ0) is 13.4. The van der Waals surface area contributed by atoms with Gasteiger partial charge in [0.1, 0.15) is 5.82 Å². The molecular weight excluding hydrogens is 233 g/mol. The van der Waals surface area contributed by atoms with Gasteiger partial charge in [-0.3, -0.25) is 4.79 Å². The molecule has 0 spiro atoms. The van der Waals surface area contributed by atoms with Gasteiger partial charge in [-0.25, -0.2) is 4.39 Å². The molecule has 1 atom stereocenters. The van der Waals surface area contributed by atoms with Gasteiger partial charge >= 0.3 is 0 Å². The van der Waals surface area contributed by atoms with Crippen molar-refractivity contribution < 1.29 is 14.3 Å². The highest BCUT2D eigenvalue weighted by Gasteiger charge is 2.06. The first kappa shape index (κ1) is 14.4. The molecule has 1 amide bonds. The molecule has 2 N–H and O–H groups in total. The second kappa shape index (κ2) is 7.61. The zero-order valence-electron chi connectivity index (χ0n) is 10.4. The molecule has 0 saturated carbocycles. The maximum Gasteiger partial charge on any atom is 0.224 e. The van der Waals surface area contributed by atoms with Crippen LogP contribution in [0.4, 0.5) is 4.39 Å². The molecule has 1 aromatic rings. The van der Waals surface area contributed by atoms with Crippen LogP contribution in [0.25, 0.3) is 6.08 Å². The van der Waals surface area contributed by atoms with Crippen LogP contribution in [0.5, 0.6) is 0 Å². The number of carbonyl (C=O) groups excluding carboxylic acids is 1. The Morgan fingerprint density at radius 3 is 2.67 bits per heavy atom. The minimum atomic E-state index is -0.279. The standard InChI is InChI=1S/C14H18FNO2/c1-2-13(10-17)16-14(18)5-3-4-11-6-8-12(15)9-7-11/h3-4,6-9,13,17H,2,5,10H2,1H3,(H,16,18)/b4-3+. The average Bonchev–Trinajstić information content (AvgIpc) is 2.38. The summed E-state index contributed by atoms with van der Waals surface area (Å²) in [5.41, 5.74) is 0.846. The van der Waals surface area contributed by atoms with Gasteiger partial charge in [0.05, 0.1) is 12.6 Å². The third-order valence-corrected chi connectivity index (χ3v) is 2.56. The molecule has 98 valence electrons. The predicted molar refractivity (Wildman–Crippen MR) is 69.4 cm³/mol. The van der Waals surface area contributed by atoms with Gasteiger partial charge in [-0.1, -0.05) is 31.2 Å². The summed E-state index contributed by atoms with van der Waals surface area (Å²) in [7, 11) is 0. The van der Waals surface area contributed by atoms with Crippen LogP contribution in [-0.2, 0) is 4.79 Å². The minimum absolute atomic E-state index is 0.0517. The Kier molecular flexibility index (Phi) is 6.08. The van der Waals surface area contributed by atoms with E-state index in [2.05, 4.69) is 5.32 Å². The van der Waals surface area contributed by atoms with E-state index < -0.39 is 0 Å². The summed E-state index contributed by atoms with van der Waals surface area (Å²) in [5.74, 6) is -0.409. The molecule has 0 heterocycles. The number of hydrogen-bond acceptors (Lipinski definition) is 2. The lowest BCUT2D eigenvalue weighted by molar-refractivity contribution is -0.121. The average molecular weight is 251 g/mol. The highest BCUT2D eigenvalue weighted by molar-refractivity contribution is 5.78. The first-order chi connectivity index (χ1) is 8.65. The van der Waals surface area contributed by atoms with Crippen molar-refractivity contribution in [1.82, 2.24) is 5.32 Å². The van der Waals surface area contributed by atoms with Crippen molar-refractivity contribution >= 4 is 12.0 Å². The van der Waals surface area contributed by atoms with Crippen LogP contribution in [0.1, 0.15) is 25.3 Å². The van der Waals surface area contributed by atoms with Crippen molar-refractivity contribution in [2.24, 2.45) is 0 Å². The molecule has 1 unspecified atom stereocenters. The van der Waals surface area contributed by atoms with Gasteiger partial charge in [-0.15, -0.1) is 0 Å². The Balaban J connectivity index is 2.40. The first-order valence-electron chi connectivity index (χ1n) is 5.98. The smallest absolute Gasteiger partial charge is 0.224 e. The Hall–Kier alpha value is -1.68. The predicted octanol–water partition coefficient (Wildman–Crippen LogP) is 2.12. The SMILES string of the molecule is CCC(CO)NC(=O)C/C=C/c1ccc(F)cc1. The Labute approximate surface area is 106 Å². The van der Waals surface area contributed by atoms with Crippen molar-refractivity contribution in [2.45, 2.75) is 25.8 Å². The van der Waals surface area contributed by atoms with Crippen LogP contribution >= 0.6 is 0 Å². The van der Waals surface area contributed by atoms with Gasteiger partial charge in [0, 0.05) is 6.42 Å². The molecule has 0 bridgehead atoms. The summed E-state index contributed by atoms with van der Waals surface area (Å²) in [5, 5.41) is 11.6. The first-order valence-corrected chi connectivity index (χ1v) is 5.98. The number of rotatable bonds is 6. The van der Waals surface area contributed by atoms with E-state index >= 15 is 0 Å². The second-order valence-corrected chi connectivity index (χ2v) is 4.01. The number of nitrogens with one attached hydrogen (secondary N) is 1. The summed E-state index contributed by atoms with van der Waals surface area (Å²) in [4.78, 5) is 11.5. The summed E-state index contributed by atoms with van der Waals surface area (Å²) in [6.07, 6.45) is 4.42. The third kappa shape index (κ3) is 5.10. The molecule has 0 fully saturated rings. The maximum atomic E-state index is 12.6. The molecule has 0 aromatic heterocycles. The van der Waals surface area contributed by atoms with Gasteiger partial charge in [0.2, 0.25) is 5.91 Å². The van der Waals surface area contributed by atoms with E-state index in [4.69, 9.17) is 5.11 Å². The molecule has 1 rings (SSSR count). The highest BCUT2D eigenvalue weighted by Crippen LogP contribution is 2.05. The van der Waals surface area contributed by atoms with E-state index in [9.17, 15) is 9.18 Å². The largest absolute Gasteiger partial charge is 0.394 e. The number of benzene rings is 1. The number of halogens is 1. The second-order valence-electron chi connectivity index (χ2n) is 4.01. The van der Waals surface area contributed by atoms with Crippen molar-refractivity contribution in [3.63, 3.8) is 0 Å². The van der Waals surface area contributed by atoms with E-state index in [0.717, 1.165) is 5.56 Å². The van der Waals surface area contributed by atoms with E-state index in [0.29, 0.717) is 6.42 Å². The lowest BCUT2D eigenvalue weighted by atomic mass is 10.2. The minimum Gasteiger partial charge on any atom is -0.394 e. The Bertz CT molecular complexity index is 397. The topological polar surface area (TPSA) is 49.3 Å². The number of aliphatic hydroxyl groups is 1. The fourth-order valence-electron chi connectivity index (χ4n) is 1.44. The van der Waals surface area contributed by atoms with Gasteiger partial charge in [0.25, 0.3) is 0 Å². The van der Waals surface area contributed by atoms with Crippen LogP contribution in [0.3, 0.4) is 0 Å². The van der Waals surface area contributed by atoms with Crippen LogP contribution in [0.2, 0.25) is 0 Å². The Morgan fingerprint density at radius 1 is 1.44 bits per heavy atom. The zero-order valence-corrected chi connectivity index (χ0v) is 10.4. The van der Waals surface area contributed by atoms with Crippen LogP contribution in [0.15, 0.2) is 30.3 Å². The molecular formula is C14H18FNO2. The van der Waals surface area contributed by atoms with E-state index in [-0.39, 0.29) is 30.8 Å². The van der Waals surface area contributed by atoms with E-state index in [1.807, 2.05) is 6.92 Å². The lowest BCUT2D eigenvalue weighted by Gasteiger charge is -2.12. The van der Waals surface area contributed by atoms with Gasteiger partial charge in [-0.2, -0.15) is 0 Å². The quantitative estimate of drug-likeness (QED) is 0.813. The number of hydrogen-bond donors (Lipinski definition) is 2. The fraction of sp³-hybridized carbons (Fsp3) is 0.357. The summed E-state index contributed by atoms with van der Waals surface area (Å²) in [6.45, 7) is 1.85. The van der Waals surface area contributed by atoms with Crippen molar-refractivity contribution in [3.8, 4) is 0 Å². The van der Waals surface area contributed by atoms with Crippen LogP contribution < -0.4 is 5.32 Å². The molecule has 0 saturated heterocycles. The molecule has 1 aromatic carbocycles. The van der Waals surface area contributed by atoms with Crippen LogP contribution in [0, 0.1) is 5.82 Å².